The Hall–Kier alpha value is -2.58. The summed E-state index contributed by atoms with van der Waals surface area (Å²) in [7, 11) is 0. The number of hydrogen-bond acceptors (Lipinski definition) is 5. The minimum Gasteiger partial charge on any atom is -0.511 e. The van der Waals surface area contributed by atoms with E-state index in [0.29, 0.717) is 25.7 Å². The molecule has 9 heteroatoms. The van der Waals surface area contributed by atoms with Gasteiger partial charge in [0.1, 0.15) is 17.6 Å². The summed E-state index contributed by atoms with van der Waals surface area (Å²) in [5.41, 5.74) is 0. The van der Waals surface area contributed by atoms with Crippen molar-refractivity contribution < 1.29 is 34.5 Å². The van der Waals surface area contributed by atoms with E-state index in [1.165, 1.54) is 0 Å². The van der Waals surface area contributed by atoms with E-state index in [4.69, 9.17) is 10.2 Å². The number of carbonyl (C=O) groups excluding carboxylic acids is 2. The molecule has 0 aromatic rings. The zero-order valence-electron chi connectivity index (χ0n) is 17.8. The van der Waals surface area contributed by atoms with Crippen molar-refractivity contribution >= 4 is 23.8 Å². The van der Waals surface area contributed by atoms with Gasteiger partial charge < -0.3 is 26.0 Å². The van der Waals surface area contributed by atoms with E-state index in [-0.39, 0.29) is 18.0 Å². The summed E-state index contributed by atoms with van der Waals surface area (Å²) in [4.78, 5) is 45.5. The van der Waals surface area contributed by atoms with Gasteiger partial charge in [-0.05, 0) is 25.7 Å². The number of aliphatic hydroxyl groups is 1. The summed E-state index contributed by atoms with van der Waals surface area (Å²) in [6.45, 7) is 5.55. The van der Waals surface area contributed by atoms with Crippen molar-refractivity contribution in [3.8, 4) is 0 Å². The average molecular weight is 429 g/mol. The summed E-state index contributed by atoms with van der Waals surface area (Å²) < 4.78 is 0. The number of Topliss-reactive ketones (excluding diaryl/α,β-unsaturated/α-hetero) is 1. The molecule has 0 heterocycles. The summed E-state index contributed by atoms with van der Waals surface area (Å²) in [5, 5.41) is 32.0. The molecule has 0 radical (unpaired) electrons. The third-order valence-electron chi connectivity index (χ3n) is 4.72. The lowest BCUT2D eigenvalue weighted by atomic mass is 10.0. The topological polar surface area (TPSA) is 153 Å². The molecular weight excluding hydrogens is 392 g/mol. The van der Waals surface area contributed by atoms with Gasteiger partial charge in [-0.3, -0.25) is 9.59 Å². The number of aliphatic hydroxyl groups excluding tert-OH is 1. The van der Waals surface area contributed by atoms with E-state index in [9.17, 15) is 24.3 Å². The number of aliphatic carboxylic acids is 2. The fraction of sp³-hybridized carbons (Fsp3) is 0.714. The minimum atomic E-state index is -1.35. The maximum Gasteiger partial charge on any atom is 0.326 e. The third-order valence-corrected chi connectivity index (χ3v) is 4.72. The van der Waals surface area contributed by atoms with E-state index in [2.05, 4.69) is 24.1 Å². The number of nitrogens with one attached hydrogen (secondary N) is 2. The van der Waals surface area contributed by atoms with E-state index in [1.807, 2.05) is 0 Å². The van der Waals surface area contributed by atoms with Crippen LogP contribution >= 0.6 is 0 Å². The van der Waals surface area contributed by atoms with Gasteiger partial charge >= 0.3 is 18.0 Å². The number of amides is 2. The van der Waals surface area contributed by atoms with Crippen LogP contribution in [0.2, 0.25) is 0 Å². The predicted octanol–water partition coefficient (Wildman–Crippen LogP) is 3.53. The first-order valence-corrected chi connectivity index (χ1v) is 10.6. The highest BCUT2D eigenvalue weighted by atomic mass is 16.4. The zero-order chi connectivity index (χ0) is 22.9. The molecule has 5 N–H and O–H groups in total. The normalized spacial score (nSPS) is 12.6. The lowest BCUT2D eigenvalue weighted by Crippen LogP contribution is -2.49. The molecule has 9 nitrogen and oxygen atoms in total. The van der Waals surface area contributed by atoms with Crippen molar-refractivity contribution in [2.45, 2.75) is 96.1 Å². The Morgan fingerprint density at radius 2 is 1.33 bits per heavy atom. The molecule has 0 spiro atoms. The summed E-state index contributed by atoms with van der Waals surface area (Å²) in [6, 6.07) is -2.93. The second-order valence-electron chi connectivity index (χ2n) is 7.43. The second-order valence-corrected chi connectivity index (χ2v) is 7.43. The Morgan fingerprint density at radius 1 is 0.767 bits per heavy atom. The van der Waals surface area contributed by atoms with Gasteiger partial charge in [-0.1, -0.05) is 45.6 Å². The Labute approximate surface area is 177 Å². The highest BCUT2D eigenvalue weighted by molar-refractivity contribution is 5.83. The number of carboxylic acids is 2. The number of carboxylic acid groups (broad SMARTS) is 2. The van der Waals surface area contributed by atoms with Crippen molar-refractivity contribution in [2.75, 3.05) is 0 Å². The molecule has 172 valence electrons. The maximum atomic E-state index is 12.0. The molecule has 0 aliphatic heterocycles. The van der Waals surface area contributed by atoms with Gasteiger partial charge in [0.15, 0.2) is 0 Å². The average Bonchev–Trinajstić information content (AvgIpc) is 2.66. The molecule has 2 atom stereocenters. The lowest BCUT2D eigenvalue weighted by molar-refractivity contribution is -0.140. The van der Waals surface area contributed by atoms with Crippen molar-refractivity contribution in [1.29, 1.82) is 0 Å². The van der Waals surface area contributed by atoms with Gasteiger partial charge in [0.2, 0.25) is 0 Å². The first kappa shape index (κ1) is 27.4. The van der Waals surface area contributed by atoms with Crippen LogP contribution in [0.4, 0.5) is 4.79 Å². The number of rotatable bonds is 18. The molecule has 30 heavy (non-hydrogen) atoms. The summed E-state index contributed by atoms with van der Waals surface area (Å²) in [5.74, 6) is -2.50. The number of carbonyl (C=O) groups is 4. The number of urea groups is 1. The molecule has 0 bridgehead atoms. The summed E-state index contributed by atoms with van der Waals surface area (Å²) in [6.07, 6.45) is 7.30. The first-order valence-electron chi connectivity index (χ1n) is 10.6. The molecule has 2 amide bonds. The highest BCUT2D eigenvalue weighted by Crippen LogP contribution is 2.12. The number of ketones is 1. The summed E-state index contributed by atoms with van der Waals surface area (Å²) >= 11 is 0. The van der Waals surface area contributed by atoms with Gasteiger partial charge in [-0.2, -0.15) is 0 Å². The Kier molecular flexibility index (Phi) is 14.8. The van der Waals surface area contributed by atoms with Crippen LogP contribution in [0.25, 0.3) is 0 Å². The molecule has 0 aromatic heterocycles. The van der Waals surface area contributed by atoms with Crippen LogP contribution in [0.15, 0.2) is 12.3 Å². The van der Waals surface area contributed by atoms with Gasteiger partial charge in [-0.15, -0.1) is 0 Å². The zero-order valence-corrected chi connectivity index (χ0v) is 17.8. The fourth-order valence-electron chi connectivity index (χ4n) is 2.93. The van der Waals surface area contributed by atoms with Gasteiger partial charge in [0.25, 0.3) is 0 Å². The second kappa shape index (κ2) is 16.2. The first-order chi connectivity index (χ1) is 14.2. The monoisotopic (exact) mass is 428 g/mol. The smallest absolute Gasteiger partial charge is 0.326 e. The van der Waals surface area contributed by atoms with Gasteiger partial charge in [0.05, 0.1) is 6.04 Å². The van der Waals surface area contributed by atoms with Crippen molar-refractivity contribution in [2.24, 2.45) is 0 Å². The van der Waals surface area contributed by atoms with Crippen LogP contribution in [-0.4, -0.2) is 51.2 Å². The lowest BCUT2D eigenvalue weighted by Gasteiger charge is -2.20. The SMILES string of the molecule is C=C(O)C(CCCCCC(=O)CCCCCC)NC(=O)NC(CCC(=O)O)C(=O)O. The van der Waals surface area contributed by atoms with E-state index in [0.717, 1.165) is 38.5 Å². The van der Waals surface area contributed by atoms with Crippen molar-refractivity contribution in [1.82, 2.24) is 10.6 Å². The molecule has 0 aromatic carbocycles. The van der Waals surface area contributed by atoms with Crippen LogP contribution < -0.4 is 10.6 Å². The van der Waals surface area contributed by atoms with Gasteiger partial charge in [-0.25, -0.2) is 9.59 Å². The standard InChI is InChI=1S/C21H36N2O7/c1-3-4-5-7-10-16(25)11-8-6-9-12-17(15(2)24)22-21(30)23-18(20(28)29)13-14-19(26)27/h17-18,24H,2-14H2,1H3,(H,26,27)(H,28,29)(H2,22,23,30). The molecule has 0 aliphatic rings. The Bertz CT molecular complexity index is 578. The quantitative estimate of drug-likeness (QED) is 0.165. The minimum absolute atomic E-state index is 0.255. The molecule has 2 unspecified atom stereocenters. The molecule has 0 rings (SSSR count). The van der Waals surface area contributed by atoms with Crippen LogP contribution in [0.3, 0.4) is 0 Å². The number of hydrogen-bond donors (Lipinski definition) is 5. The molecular formula is C21H36N2O7. The maximum absolute atomic E-state index is 12.0. The van der Waals surface area contributed by atoms with E-state index >= 15 is 0 Å². The largest absolute Gasteiger partial charge is 0.511 e. The Morgan fingerprint density at radius 3 is 1.83 bits per heavy atom. The Balaban J connectivity index is 4.23. The van der Waals surface area contributed by atoms with Crippen molar-refractivity contribution in [3.63, 3.8) is 0 Å². The molecule has 0 saturated carbocycles. The van der Waals surface area contributed by atoms with Gasteiger partial charge in [0, 0.05) is 19.3 Å². The molecule has 0 aliphatic carbocycles. The van der Waals surface area contributed by atoms with Crippen LogP contribution in [0.5, 0.6) is 0 Å². The third kappa shape index (κ3) is 14.4. The number of unbranched alkanes of at least 4 members (excludes halogenated alkanes) is 5. The predicted molar refractivity (Wildman–Crippen MR) is 112 cm³/mol. The van der Waals surface area contributed by atoms with E-state index < -0.39 is 36.5 Å². The molecule has 0 saturated heterocycles. The van der Waals surface area contributed by atoms with Crippen molar-refractivity contribution in [3.05, 3.63) is 12.3 Å². The van der Waals surface area contributed by atoms with Crippen LogP contribution in [0.1, 0.15) is 84.0 Å². The molecule has 0 fully saturated rings. The van der Waals surface area contributed by atoms with Crippen LogP contribution in [-0.2, 0) is 14.4 Å². The fourth-order valence-corrected chi connectivity index (χ4v) is 2.93. The highest BCUT2D eigenvalue weighted by Gasteiger charge is 2.23. The van der Waals surface area contributed by atoms with E-state index in [1.54, 1.807) is 0 Å². The van der Waals surface area contributed by atoms with Crippen LogP contribution in [0, 0.1) is 0 Å².